The third-order valence-corrected chi connectivity index (χ3v) is 6.74. The van der Waals surface area contributed by atoms with Crippen molar-refractivity contribution in [2.75, 3.05) is 18.9 Å². The van der Waals surface area contributed by atoms with Crippen LogP contribution in [0.15, 0.2) is 40.8 Å². The second kappa shape index (κ2) is 9.95. The van der Waals surface area contributed by atoms with Crippen LogP contribution in [0.5, 0.6) is 0 Å². The molecule has 1 N–H and O–H groups in total. The summed E-state index contributed by atoms with van der Waals surface area (Å²) < 4.78 is 6.32. The highest BCUT2D eigenvalue weighted by Gasteiger charge is 2.30. The second-order valence-corrected chi connectivity index (χ2v) is 9.28. The van der Waals surface area contributed by atoms with E-state index in [-0.39, 0.29) is 11.9 Å². The third-order valence-electron chi connectivity index (χ3n) is 6.53. The summed E-state index contributed by atoms with van der Waals surface area (Å²) in [5.74, 6) is 1.47. The monoisotopic (exact) mass is 453 g/mol. The summed E-state index contributed by atoms with van der Waals surface area (Å²) in [6.07, 6.45) is 7.05. The van der Waals surface area contributed by atoms with E-state index in [1.54, 1.807) is 11.0 Å². The second-order valence-electron chi connectivity index (χ2n) is 8.90. The first-order chi connectivity index (χ1) is 15.5. The molecule has 0 radical (unpaired) electrons. The Bertz CT molecular complexity index is 1070. The predicted octanol–water partition coefficient (Wildman–Crippen LogP) is 7.01. The zero-order chi connectivity index (χ0) is 22.7. The summed E-state index contributed by atoms with van der Waals surface area (Å²) in [6.45, 7) is 4.89. The van der Waals surface area contributed by atoms with Crippen LogP contribution in [-0.2, 0) is 0 Å². The fourth-order valence-corrected chi connectivity index (χ4v) is 4.94. The van der Waals surface area contributed by atoms with Gasteiger partial charge in [0.15, 0.2) is 5.58 Å². The smallest absolute Gasteiger partial charge is 0.253 e. The number of aromatic nitrogens is 1. The van der Waals surface area contributed by atoms with Gasteiger partial charge in [-0.25, -0.2) is 4.98 Å². The average molecular weight is 454 g/mol. The van der Waals surface area contributed by atoms with Gasteiger partial charge in [0.1, 0.15) is 16.4 Å². The Kier molecular flexibility index (Phi) is 7.04. The summed E-state index contributed by atoms with van der Waals surface area (Å²) in [5.41, 5.74) is 4.33. The van der Waals surface area contributed by atoms with Crippen LogP contribution >= 0.6 is 11.6 Å². The molecule has 1 unspecified atom stereocenters. The maximum absolute atomic E-state index is 12.6. The minimum absolute atomic E-state index is 0.0487. The van der Waals surface area contributed by atoms with Crippen LogP contribution in [0.3, 0.4) is 0 Å². The number of nitrogens with zero attached hydrogens (tertiary/aromatic N) is 2. The number of anilines is 1. The number of furan rings is 1. The van der Waals surface area contributed by atoms with Crippen LogP contribution in [0.25, 0.3) is 11.1 Å². The molecule has 6 heteroatoms. The van der Waals surface area contributed by atoms with Crippen molar-refractivity contribution in [2.24, 2.45) is 5.92 Å². The van der Waals surface area contributed by atoms with E-state index in [9.17, 15) is 4.79 Å². The molecule has 1 amide bonds. The van der Waals surface area contributed by atoms with Gasteiger partial charge in [-0.05, 0) is 68.5 Å². The molecular weight excluding hydrogens is 422 g/mol. The van der Waals surface area contributed by atoms with Crippen molar-refractivity contribution in [1.29, 1.82) is 0 Å². The number of nitrogens with one attached hydrogen (secondary N) is 1. The lowest BCUT2D eigenvalue weighted by Gasteiger charge is -2.31. The molecule has 3 aromatic rings. The molecule has 1 aliphatic carbocycles. The molecule has 1 aliphatic rings. The van der Waals surface area contributed by atoms with Gasteiger partial charge in [-0.1, -0.05) is 37.8 Å². The summed E-state index contributed by atoms with van der Waals surface area (Å²) >= 11 is 6.14. The van der Waals surface area contributed by atoms with Crippen LogP contribution < -0.4 is 5.32 Å². The normalized spacial score (nSPS) is 15.6. The molecule has 5 nitrogen and oxygen atoms in total. The first-order valence-electron chi connectivity index (χ1n) is 11.7. The molecular formula is C26H32ClN3O2. The molecule has 2 aromatic heterocycles. The molecule has 1 fully saturated rings. The number of pyridine rings is 1. The van der Waals surface area contributed by atoms with Crippen molar-refractivity contribution in [3.63, 3.8) is 0 Å². The fourth-order valence-electron chi connectivity index (χ4n) is 4.79. The van der Waals surface area contributed by atoms with Gasteiger partial charge < -0.3 is 14.6 Å². The molecule has 4 rings (SSSR count). The number of carbonyl (C=O) groups excluding carboxylic acids is 1. The van der Waals surface area contributed by atoms with Gasteiger partial charge in [-0.3, -0.25) is 4.79 Å². The number of fused-ring (bicyclic) bond motifs is 1. The highest BCUT2D eigenvalue weighted by atomic mass is 35.5. The lowest BCUT2D eigenvalue weighted by molar-refractivity contribution is 0.0795. The molecule has 1 atom stereocenters. The zero-order valence-corrected chi connectivity index (χ0v) is 19.9. The number of rotatable bonds is 7. The van der Waals surface area contributed by atoms with Crippen LogP contribution in [0.2, 0.25) is 5.15 Å². The van der Waals surface area contributed by atoms with Gasteiger partial charge in [0.25, 0.3) is 5.91 Å². The molecule has 0 aliphatic heterocycles. The molecule has 1 saturated carbocycles. The lowest BCUT2D eigenvalue weighted by Crippen LogP contribution is -2.27. The van der Waals surface area contributed by atoms with Crippen molar-refractivity contribution >= 4 is 34.3 Å². The van der Waals surface area contributed by atoms with Crippen molar-refractivity contribution < 1.29 is 9.21 Å². The van der Waals surface area contributed by atoms with Crippen molar-refractivity contribution in [1.82, 2.24) is 9.88 Å². The molecule has 0 bridgehead atoms. The minimum atomic E-state index is 0.0487. The van der Waals surface area contributed by atoms with Crippen LogP contribution in [0.1, 0.15) is 73.2 Å². The van der Waals surface area contributed by atoms with E-state index in [0.29, 0.717) is 16.6 Å². The quantitative estimate of drug-likeness (QED) is 0.391. The van der Waals surface area contributed by atoms with E-state index in [2.05, 4.69) is 24.1 Å². The molecule has 0 spiro atoms. The lowest BCUT2D eigenvalue weighted by atomic mass is 9.82. The predicted molar refractivity (Wildman–Crippen MR) is 130 cm³/mol. The average Bonchev–Trinajstić information content (AvgIpc) is 3.13. The highest BCUT2D eigenvalue weighted by Crippen LogP contribution is 2.40. The minimum Gasteiger partial charge on any atom is -0.457 e. The van der Waals surface area contributed by atoms with E-state index in [4.69, 9.17) is 16.0 Å². The number of hydrogen-bond donors (Lipinski definition) is 1. The molecule has 0 saturated heterocycles. The maximum Gasteiger partial charge on any atom is 0.253 e. The highest BCUT2D eigenvalue weighted by molar-refractivity contribution is 6.29. The van der Waals surface area contributed by atoms with Gasteiger partial charge in [-0.2, -0.15) is 0 Å². The summed E-state index contributed by atoms with van der Waals surface area (Å²) in [5, 5.41) is 4.20. The standard InChI is InChI=1S/C26H32ClN3O2/c1-4-16-30(3)26(31)19-10-12-20(13-11-19)28-24(18-8-6-5-7-9-18)25-17(2)23-21(32-25)14-15-22(27)29-23/h10-15,18,24,28H,4-9,16H2,1-3H3. The first kappa shape index (κ1) is 22.7. The van der Waals surface area contributed by atoms with Crippen LogP contribution in [-0.4, -0.2) is 29.4 Å². The van der Waals surface area contributed by atoms with Gasteiger partial charge in [0.05, 0.1) is 6.04 Å². The van der Waals surface area contributed by atoms with Gasteiger partial charge in [0, 0.05) is 30.4 Å². The van der Waals surface area contributed by atoms with Crippen LogP contribution in [0, 0.1) is 12.8 Å². The Balaban J connectivity index is 1.62. The molecule has 170 valence electrons. The number of amides is 1. The van der Waals surface area contributed by atoms with Crippen molar-refractivity contribution in [3.8, 4) is 0 Å². The number of hydrogen-bond acceptors (Lipinski definition) is 4. The third kappa shape index (κ3) is 4.78. The van der Waals surface area contributed by atoms with Crippen LogP contribution in [0.4, 0.5) is 5.69 Å². The van der Waals surface area contributed by atoms with Crippen molar-refractivity contribution in [2.45, 2.75) is 58.4 Å². The van der Waals surface area contributed by atoms with E-state index < -0.39 is 0 Å². The van der Waals surface area contributed by atoms with Gasteiger partial charge >= 0.3 is 0 Å². The molecule has 32 heavy (non-hydrogen) atoms. The summed E-state index contributed by atoms with van der Waals surface area (Å²) in [7, 11) is 1.85. The van der Waals surface area contributed by atoms with E-state index in [0.717, 1.165) is 41.1 Å². The van der Waals surface area contributed by atoms with Crippen molar-refractivity contribution in [3.05, 3.63) is 58.4 Å². The summed E-state index contributed by atoms with van der Waals surface area (Å²) in [4.78, 5) is 18.8. The molecule has 1 aromatic carbocycles. The first-order valence-corrected chi connectivity index (χ1v) is 12.0. The van der Waals surface area contributed by atoms with E-state index in [1.807, 2.05) is 37.4 Å². The SMILES string of the molecule is CCCN(C)C(=O)c1ccc(NC(c2oc3ccc(Cl)nc3c2C)C2CCCCC2)cc1. The number of aryl methyl sites for hydroxylation is 1. The fraction of sp³-hybridized carbons (Fsp3) is 0.462. The summed E-state index contributed by atoms with van der Waals surface area (Å²) in [6, 6.07) is 11.5. The Labute approximate surface area is 195 Å². The Hall–Kier alpha value is -2.53. The van der Waals surface area contributed by atoms with E-state index in [1.165, 1.54) is 32.1 Å². The zero-order valence-electron chi connectivity index (χ0n) is 19.2. The Morgan fingerprint density at radius 2 is 1.91 bits per heavy atom. The maximum atomic E-state index is 12.6. The molecule has 2 heterocycles. The Morgan fingerprint density at radius 3 is 2.59 bits per heavy atom. The number of halogens is 1. The number of carbonyl (C=O) groups is 1. The topological polar surface area (TPSA) is 58.4 Å². The Morgan fingerprint density at radius 1 is 1.19 bits per heavy atom. The van der Waals surface area contributed by atoms with Gasteiger partial charge in [-0.15, -0.1) is 0 Å². The van der Waals surface area contributed by atoms with Gasteiger partial charge in [0.2, 0.25) is 0 Å². The van der Waals surface area contributed by atoms with E-state index >= 15 is 0 Å². The number of benzene rings is 1. The largest absolute Gasteiger partial charge is 0.457 e.